The van der Waals surface area contributed by atoms with Crippen LogP contribution in [0.25, 0.3) is 11.2 Å². The van der Waals surface area contributed by atoms with Crippen molar-refractivity contribution in [2.75, 3.05) is 12.5 Å². The van der Waals surface area contributed by atoms with Gasteiger partial charge in [-0.15, -0.1) is 0 Å². The molecule has 0 saturated heterocycles. The summed E-state index contributed by atoms with van der Waals surface area (Å²) in [7, 11) is 3.18. The second-order valence-corrected chi connectivity index (χ2v) is 8.10. The summed E-state index contributed by atoms with van der Waals surface area (Å²) in [5.74, 6) is 1.10. The Labute approximate surface area is 191 Å². The van der Waals surface area contributed by atoms with E-state index in [4.69, 9.17) is 4.74 Å². The lowest BCUT2D eigenvalue weighted by molar-refractivity contribution is 0.415. The Hall–Kier alpha value is -3.66. The Balaban J connectivity index is 1.78. The standard InChI is InChI=1S/C22H21BrN6O3/c1-13(15-7-9-17(32-3)10-8-15)26-27-21-24-19-18(20(30)25-22(31)28(19)2)29(21)12-14-5-4-6-16(23)11-14/h4-11H,12H2,1-3H3,(H,24,27)(H,25,30,31)/b26-13+. The summed E-state index contributed by atoms with van der Waals surface area (Å²) in [5.41, 5.74) is 5.06. The van der Waals surface area contributed by atoms with Crippen molar-refractivity contribution in [3.8, 4) is 5.75 Å². The molecule has 4 aromatic rings. The van der Waals surface area contributed by atoms with E-state index in [0.29, 0.717) is 12.5 Å². The summed E-state index contributed by atoms with van der Waals surface area (Å²) in [5, 5.41) is 4.45. The molecule has 2 N–H and O–H groups in total. The molecule has 0 aliphatic carbocycles. The van der Waals surface area contributed by atoms with Crippen LogP contribution in [0.3, 0.4) is 0 Å². The second kappa shape index (κ2) is 8.83. The highest BCUT2D eigenvalue weighted by Gasteiger charge is 2.17. The van der Waals surface area contributed by atoms with Crippen LogP contribution in [-0.2, 0) is 13.6 Å². The van der Waals surface area contributed by atoms with E-state index in [0.717, 1.165) is 27.1 Å². The van der Waals surface area contributed by atoms with E-state index in [1.165, 1.54) is 4.57 Å². The summed E-state index contributed by atoms with van der Waals surface area (Å²) < 4.78 is 9.13. The Bertz CT molecular complexity index is 1430. The van der Waals surface area contributed by atoms with Crippen LogP contribution in [0.5, 0.6) is 5.75 Å². The fraction of sp³-hybridized carbons (Fsp3) is 0.182. The van der Waals surface area contributed by atoms with Gasteiger partial charge in [0.2, 0.25) is 5.95 Å². The maximum Gasteiger partial charge on any atom is 0.329 e. The van der Waals surface area contributed by atoms with Crippen LogP contribution < -0.4 is 21.4 Å². The number of nitrogens with zero attached hydrogens (tertiary/aromatic N) is 4. The Morgan fingerprint density at radius 2 is 1.97 bits per heavy atom. The van der Waals surface area contributed by atoms with Crippen LogP contribution in [0, 0.1) is 0 Å². The SMILES string of the molecule is COc1ccc(/C(C)=N/Nc2nc3c(c(=O)[nH]c(=O)n3C)n2Cc2cccc(Br)c2)cc1. The van der Waals surface area contributed by atoms with Gasteiger partial charge in [0.25, 0.3) is 5.56 Å². The molecule has 2 aromatic carbocycles. The zero-order valence-electron chi connectivity index (χ0n) is 17.7. The molecule has 2 aromatic heterocycles. The second-order valence-electron chi connectivity index (χ2n) is 7.18. The first-order valence-electron chi connectivity index (χ1n) is 9.76. The number of H-pyrrole nitrogens is 1. The predicted molar refractivity (Wildman–Crippen MR) is 128 cm³/mol. The molecule has 0 aliphatic heterocycles. The van der Waals surface area contributed by atoms with Gasteiger partial charge in [0, 0.05) is 11.5 Å². The number of rotatable bonds is 6. The maximum absolute atomic E-state index is 12.6. The largest absolute Gasteiger partial charge is 0.497 e. The van der Waals surface area contributed by atoms with Crippen molar-refractivity contribution >= 4 is 38.8 Å². The number of nitrogens with one attached hydrogen (secondary N) is 2. The van der Waals surface area contributed by atoms with Gasteiger partial charge in [-0.2, -0.15) is 10.1 Å². The first kappa shape index (κ1) is 21.6. The third-order valence-corrected chi connectivity index (χ3v) is 5.56. The van der Waals surface area contributed by atoms with Gasteiger partial charge in [-0.1, -0.05) is 28.1 Å². The molecule has 164 valence electrons. The zero-order valence-corrected chi connectivity index (χ0v) is 19.3. The predicted octanol–water partition coefficient (Wildman–Crippen LogP) is 3.08. The lowest BCUT2D eigenvalue weighted by Gasteiger charge is -2.09. The number of hydrogen-bond acceptors (Lipinski definition) is 6. The highest BCUT2D eigenvalue weighted by atomic mass is 79.9. The lowest BCUT2D eigenvalue weighted by atomic mass is 10.1. The molecule has 0 spiro atoms. The van der Waals surface area contributed by atoms with Gasteiger partial charge in [-0.3, -0.25) is 18.9 Å². The van der Waals surface area contributed by atoms with Gasteiger partial charge in [-0.05, 0) is 54.4 Å². The molecular weight excluding hydrogens is 476 g/mol. The molecule has 32 heavy (non-hydrogen) atoms. The molecule has 0 saturated carbocycles. The van der Waals surface area contributed by atoms with Gasteiger partial charge in [0.05, 0.1) is 19.4 Å². The number of methoxy groups -OCH3 is 1. The van der Waals surface area contributed by atoms with Crippen molar-refractivity contribution in [2.24, 2.45) is 12.1 Å². The van der Waals surface area contributed by atoms with E-state index in [1.54, 1.807) is 18.7 Å². The quantitative estimate of drug-likeness (QED) is 0.315. The molecule has 0 fully saturated rings. The smallest absolute Gasteiger partial charge is 0.329 e. The molecule has 0 amide bonds. The molecule has 10 heteroatoms. The van der Waals surface area contributed by atoms with E-state index in [2.05, 4.69) is 36.4 Å². The van der Waals surface area contributed by atoms with Crippen molar-refractivity contribution < 1.29 is 4.74 Å². The minimum atomic E-state index is -0.529. The minimum absolute atomic E-state index is 0.272. The van der Waals surface area contributed by atoms with Gasteiger partial charge >= 0.3 is 5.69 Å². The fourth-order valence-electron chi connectivity index (χ4n) is 3.32. The molecule has 4 rings (SSSR count). The van der Waals surface area contributed by atoms with E-state index >= 15 is 0 Å². The number of ether oxygens (including phenoxy) is 1. The van der Waals surface area contributed by atoms with Crippen molar-refractivity contribution in [2.45, 2.75) is 13.5 Å². The molecule has 0 unspecified atom stereocenters. The molecule has 0 bridgehead atoms. The van der Waals surface area contributed by atoms with Crippen molar-refractivity contribution in [3.63, 3.8) is 0 Å². The monoisotopic (exact) mass is 496 g/mol. The average molecular weight is 497 g/mol. The Morgan fingerprint density at radius 1 is 1.22 bits per heavy atom. The Kier molecular flexibility index (Phi) is 5.95. The summed E-state index contributed by atoms with van der Waals surface area (Å²) in [6.45, 7) is 2.22. The molecule has 0 atom stereocenters. The van der Waals surface area contributed by atoms with Crippen molar-refractivity contribution in [3.05, 3.63) is 85.0 Å². The first-order chi connectivity index (χ1) is 15.4. The summed E-state index contributed by atoms with van der Waals surface area (Å²) >= 11 is 3.47. The van der Waals surface area contributed by atoms with Crippen LogP contribution >= 0.6 is 15.9 Å². The number of imidazole rings is 1. The molecule has 0 aliphatic rings. The van der Waals surface area contributed by atoms with Crippen LogP contribution in [0.4, 0.5) is 5.95 Å². The summed E-state index contributed by atoms with van der Waals surface area (Å²) in [4.78, 5) is 31.6. The third kappa shape index (κ3) is 4.22. The summed E-state index contributed by atoms with van der Waals surface area (Å²) in [6, 6.07) is 15.3. The van der Waals surface area contributed by atoms with Gasteiger partial charge in [-0.25, -0.2) is 10.2 Å². The number of benzene rings is 2. The summed E-state index contributed by atoms with van der Waals surface area (Å²) in [6.07, 6.45) is 0. The van der Waals surface area contributed by atoms with Crippen LogP contribution in [0.15, 0.2) is 67.7 Å². The third-order valence-electron chi connectivity index (χ3n) is 5.07. The van der Waals surface area contributed by atoms with Gasteiger partial charge in [0.1, 0.15) is 5.75 Å². The normalized spacial score (nSPS) is 11.7. The van der Waals surface area contributed by atoms with Crippen molar-refractivity contribution in [1.82, 2.24) is 19.1 Å². The molecule has 9 nitrogen and oxygen atoms in total. The van der Waals surface area contributed by atoms with Crippen LogP contribution in [-0.4, -0.2) is 31.9 Å². The Morgan fingerprint density at radius 3 is 2.66 bits per heavy atom. The maximum atomic E-state index is 12.6. The van der Waals surface area contributed by atoms with Crippen LogP contribution in [0.1, 0.15) is 18.1 Å². The topological polar surface area (TPSA) is 106 Å². The van der Waals surface area contributed by atoms with Gasteiger partial charge < -0.3 is 4.74 Å². The number of fused-ring (bicyclic) bond motifs is 1. The van der Waals surface area contributed by atoms with E-state index in [1.807, 2.05) is 55.5 Å². The first-order valence-corrected chi connectivity index (χ1v) is 10.6. The number of aryl methyl sites for hydroxylation is 1. The van der Waals surface area contributed by atoms with Gasteiger partial charge in [0.15, 0.2) is 11.2 Å². The van der Waals surface area contributed by atoms with E-state index in [-0.39, 0.29) is 11.2 Å². The van der Waals surface area contributed by atoms with Crippen molar-refractivity contribution in [1.29, 1.82) is 0 Å². The highest BCUT2D eigenvalue weighted by Crippen LogP contribution is 2.20. The molecular formula is C22H21BrN6O3. The zero-order chi connectivity index (χ0) is 22.8. The number of anilines is 1. The van der Waals surface area contributed by atoms with Crippen LogP contribution in [0.2, 0.25) is 0 Å². The van der Waals surface area contributed by atoms with E-state index in [9.17, 15) is 9.59 Å². The number of hydrazone groups is 1. The molecule has 0 radical (unpaired) electrons. The lowest BCUT2D eigenvalue weighted by Crippen LogP contribution is -2.29. The number of aromatic nitrogens is 4. The average Bonchev–Trinajstić information content (AvgIpc) is 3.14. The number of halogens is 1. The number of aromatic amines is 1. The van der Waals surface area contributed by atoms with E-state index < -0.39 is 11.2 Å². The molecule has 2 heterocycles. The highest BCUT2D eigenvalue weighted by molar-refractivity contribution is 9.10. The minimum Gasteiger partial charge on any atom is -0.497 e. The number of hydrogen-bond donors (Lipinski definition) is 2. The fourth-order valence-corrected chi connectivity index (χ4v) is 3.77.